The van der Waals surface area contributed by atoms with Crippen molar-refractivity contribution in [1.82, 2.24) is 5.32 Å². The highest BCUT2D eigenvalue weighted by Gasteiger charge is 2.30. The van der Waals surface area contributed by atoms with Crippen LogP contribution in [0.5, 0.6) is 0 Å². The van der Waals surface area contributed by atoms with Crippen molar-refractivity contribution in [1.29, 1.82) is 0 Å². The van der Waals surface area contributed by atoms with Gasteiger partial charge in [0.1, 0.15) is 6.61 Å². The zero-order chi connectivity index (χ0) is 7.68. The maximum atomic E-state index is 10.7. The van der Waals surface area contributed by atoms with E-state index in [9.17, 15) is 4.79 Å². The van der Waals surface area contributed by atoms with E-state index in [1.165, 1.54) is 19.3 Å². The van der Waals surface area contributed by atoms with Crippen molar-refractivity contribution in [2.45, 2.75) is 25.4 Å². The van der Waals surface area contributed by atoms with Crippen molar-refractivity contribution in [2.75, 3.05) is 13.2 Å². The molecule has 0 unspecified atom stereocenters. The van der Waals surface area contributed by atoms with Crippen molar-refractivity contribution in [3.63, 3.8) is 0 Å². The van der Waals surface area contributed by atoms with Gasteiger partial charge in [0.25, 0.3) is 0 Å². The molecule has 3 nitrogen and oxygen atoms in total. The molecule has 2 rings (SSSR count). The van der Waals surface area contributed by atoms with E-state index in [2.05, 4.69) is 5.32 Å². The first kappa shape index (κ1) is 7.10. The highest BCUT2D eigenvalue weighted by Crippen LogP contribution is 2.31. The average Bonchev–Trinajstić information content (AvgIpc) is 1.90. The van der Waals surface area contributed by atoms with Gasteiger partial charge < -0.3 is 10.1 Å². The van der Waals surface area contributed by atoms with Gasteiger partial charge in [0.15, 0.2) is 0 Å². The van der Waals surface area contributed by atoms with Crippen LogP contribution >= 0.6 is 0 Å². The summed E-state index contributed by atoms with van der Waals surface area (Å²) in [5, 5.41) is 2.82. The van der Waals surface area contributed by atoms with E-state index in [0.717, 1.165) is 12.5 Å². The SMILES string of the molecule is O=C1CO[C@H](C2CCC2)CN1. The molecule has 0 radical (unpaired) electrons. The Bertz CT molecular complexity index is 155. The van der Waals surface area contributed by atoms with Crippen LogP contribution in [0.4, 0.5) is 0 Å². The van der Waals surface area contributed by atoms with Crippen LogP contribution in [0.25, 0.3) is 0 Å². The van der Waals surface area contributed by atoms with E-state index in [1.807, 2.05) is 0 Å². The van der Waals surface area contributed by atoms with Crippen LogP contribution in [0.15, 0.2) is 0 Å². The minimum atomic E-state index is 0.0283. The highest BCUT2D eigenvalue weighted by atomic mass is 16.5. The van der Waals surface area contributed by atoms with Gasteiger partial charge in [0.2, 0.25) is 5.91 Å². The zero-order valence-electron chi connectivity index (χ0n) is 6.51. The smallest absolute Gasteiger partial charge is 0.246 e. The maximum absolute atomic E-state index is 10.7. The van der Waals surface area contributed by atoms with E-state index in [1.54, 1.807) is 0 Å². The Morgan fingerprint density at radius 3 is 2.73 bits per heavy atom. The molecule has 1 saturated carbocycles. The third kappa shape index (κ3) is 1.38. The molecule has 1 amide bonds. The van der Waals surface area contributed by atoms with Crippen LogP contribution in [-0.4, -0.2) is 25.2 Å². The first-order valence-electron chi connectivity index (χ1n) is 4.24. The molecule has 11 heavy (non-hydrogen) atoms. The van der Waals surface area contributed by atoms with E-state index >= 15 is 0 Å². The second-order valence-corrected chi connectivity index (χ2v) is 3.34. The Balaban J connectivity index is 1.82. The minimum absolute atomic E-state index is 0.0283. The predicted octanol–water partition coefficient (Wildman–Crippen LogP) is 0.301. The molecule has 3 heteroatoms. The minimum Gasteiger partial charge on any atom is -0.366 e. The normalized spacial score (nSPS) is 32.7. The summed E-state index contributed by atoms with van der Waals surface area (Å²) in [5.41, 5.74) is 0. The molecule has 0 aromatic rings. The Hall–Kier alpha value is -0.570. The molecule has 0 spiro atoms. The second kappa shape index (κ2) is 2.81. The van der Waals surface area contributed by atoms with Gasteiger partial charge in [0.05, 0.1) is 6.10 Å². The molecule has 62 valence electrons. The second-order valence-electron chi connectivity index (χ2n) is 3.34. The summed E-state index contributed by atoms with van der Waals surface area (Å²) in [6.45, 7) is 0.991. The van der Waals surface area contributed by atoms with E-state index in [-0.39, 0.29) is 12.5 Å². The van der Waals surface area contributed by atoms with Crippen LogP contribution in [0.2, 0.25) is 0 Å². The number of hydrogen-bond acceptors (Lipinski definition) is 2. The van der Waals surface area contributed by atoms with Gasteiger partial charge in [-0.2, -0.15) is 0 Å². The van der Waals surface area contributed by atoms with Crippen molar-refractivity contribution in [3.8, 4) is 0 Å². The number of nitrogens with one attached hydrogen (secondary N) is 1. The maximum Gasteiger partial charge on any atom is 0.246 e. The number of ether oxygens (including phenoxy) is 1. The molecule has 0 aromatic heterocycles. The lowest BCUT2D eigenvalue weighted by atomic mass is 9.81. The topological polar surface area (TPSA) is 38.3 Å². The van der Waals surface area contributed by atoms with Crippen molar-refractivity contribution in [2.24, 2.45) is 5.92 Å². The lowest BCUT2D eigenvalue weighted by molar-refractivity contribution is -0.137. The quantitative estimate of drug-likeness (QED) is 0.591. The summed E-state index contributed by atoms with van der Waals surface area (Å²) in [5.74, 6) is 0.746. The summed E-state index contributed by atoms with van der Waals surface area (Å²) in [7, 11) is 0. The molecule has 2 fully saturated rings. The number of carbonyl (C=O) groups excluding carboxylic acids is 1. The molecule has 2 aliphatic rings. The zero-order valence-corrected chi connectivity index (χ0v) is 6.51. The van der Waals surface area contributed by atoms with Crippen molar-refractivity contribution >= 4 is 5.91 Å². The van der Waals surface area contributed by atoms with E-state index < -0.39 is 0 Å². The Kier molecular flexibility index (Phi) is 1.82. The third-order valence-electron chi connectivity index (χ3n) is 2.60. The number of amides is 1. The Morgan fingerprint density at radius 2 is 2.27 bits per heavy atom. The van der Waals surface area contributed by atoms with Crippen LogP contribution in [-0.2, 0) is 9.53 Å². The van der Waals surface area contributed by atoms with Gasteiger partial charge in [-0.05, 0) is 18.8 Å². The number of hydrogen-bond donors (Lipinski definition) is 1. The molecule has 1 N–H and O–H groups in total. The molecular formula is C8H13NO2. The molecule has 0 aromatic carbocycles. The first-order chi connectivity index (χ1) is 5.36. The largest absolute Gasteiger partial charge is 0.366 e. The summed E-state index contributed by atoms with van der Waals surface area (Å²) in [6, 6.07) is 0. The van der Waals surface area contributed by atoms with E-state index in [4.69, 9.17) is 4.74 Å². The van der Waals surface area contributed by atoms with Gasteiger partial charge in [-0.1, -0.05) is 6.42 Å². The summed E-state index contributed by atoms with van der Waals surface area (Å²) >= 11 is 0. The van der Waals surface area contributed by atoms with E-state index in [0.29, 0.717) is 6.10 Å². The fourth-order valence-electron chi connectivity index (χ4n) is 1.62. The third-order valence-corrected chi connectivity index (χ3v) is 2.60. The molecule has 1 saturated heterocycles. The number of morpholine rings is 1. The Labute approximate surface area is 66.1 Å². The molecule has 0 bridgehead atoms. The van der Waals surface area contributed by atoms with Gasteiger partial charge in [-0.25, -0.2) is 0 Å². The van der Waals surface area contributed by atoms with Crippen LogP contribution in [0.1, 0.15) is 19.3 Å². The van der Waals surface area contributed by atoms with Crippen molar-refractivity contribution < 1.29 is 9.53 Å². The van der Waals surface area contributed by atoms with Crippen LogP contribution in [0.3, 0.4) is 0 Å². The van der Waals surface area contributed by atoms with Gasteiger partial charge >= 0.3 is 0 Å². The van der Waals surface area contributed by atoms with Crippen LogP contribution in [0, 0.1) is 5.92 Å². The number of rotatable bonds is 1. The fraction of sp³-hybridized carbons (Fsp3) is 0.875. The number of carbonyl (C=O) groups is 1. The molecule has 1 aliphatic heterocycles. The molecule has 1 aliphatic carbocycles. The van der Waals surface area contributed by atoms with Crippen molar-refractivity contribution in [3.05, 3.63) is 0 Å². The standard InChI is InChI=1S/C8H13NO2/c10-8-5-11-7(4-9-8)6-2-1-3-6/h6-7H,1-5H2,(H,9,10)/t7-/m0/s1. The molecular weight excluding hydrogens is 142 g/mol. The average molecular weight is 155 g/mol. The highest BCUT2D eigenvalue weighted by molar-refractivity contribution is 5.77. The summed E-state index contributed by atoms with van der Waals surface area (Å²) in [4.78, 5) is 10.7. The first-order valence-corrected chi connectivity index (χ1v) is 4.24. The van der Waals surface area contributed by atoms with Crippen LogP contribution < -0.4 is 5.32 Å². The van der Waals surface area contributed by atoms with Gasteiger partial charge in [-0.15, -0.1) is 0 Å². The lowest BCUT2D eigenvalue weighted by Gasteiger charge is -2.35. The van der Waals surface area contributed by atoms with Gasteiger partial charge in [0, 0.05) is 6.54 Å². The molecule has 1 atom stereocenters. The summed E-state index contributed by atoms with van der Waals surface area (Å²) < 4.78 is 5.38. The summed E-state index contributed by atoms with van der Waals surface area (Å²) in [6.07, 6.45) is 4.20. The predicted molar refractivity (Wildman–Crippen MR) is 40.1 cm³/mol. The fourth-order valence-corrected chi connectivity index (χ4v) is 1.62. The molecule has 1 heterocycles. The Morgan fingerprint density at radius 1 is 1.45 bits per heavy atom. The van der Waals surface area contributed by atoms with Gasteiger partial charge in [-0.3, -0.25) is 4.79 Å². The monoisotopic (exact) mass is 155 g/mol. The lowest BCUT2D eigenvalue weighted by Crippen LogP contribution is -2.47.